The van der Waals surface area contributed by atoms with Gasteiger partial charge in [0.1, 0.15) is 0 Å². The highest BCUT2D eigenvalue weighted by atomic mass is 35.5. The standard InChI is InChI=1S/C19H23N3O3S.ClH/c20-17-10-4-5-11-18(17)21-19(23)16-9-6-12-22(13-16)26(24,25)14-15-7-2-1-3-8-15;/h1-5,7-8,10-11,16H,6,9,12-14,20H2,(H,21,23);1H. The van der Waals surface area contributed by atoms with E-state index in [1.165, 1.54) is 4.31 Å². The van der Waals surface area contributed by atoms with E-state index in [1.54, 1.807) is 36.4 Å². The van der Waals surface area contributed by atoms with Crippen molar-refractivity contribution in [2.24, 2.45) is 5.92 Å². The molecule has 0 aromatic heterocycles. The Hall–Kier alpha value is -2.09. The maximum absolute atomic E-state index is 12.7. The van der Waals surface area contributed by atoms with Crippen LogP contribution in [0.15, 0.2) is 54.6 Å². The number of hydrogen-bond donors (Lipinski definition) is 2. The summed E-state index contributed by atoms with van der Waals surface area (Å²) >= 11 is 0. The molecule has 0 spiro atoms. The monoisotopic (exact) mass is 409 g/mol. The first kappa shape index (κ1) is 21.2. The number of nitrogens with zero attached hydrogens (tertiary/aromatic N) is 1. The molecular formula is C19H24ClN3O3S. The van der Waals surface area contributed by atoms with Crippen molar-refractivity contribution in [1.82, 2.24) is 4.31 Å². The van der Waals surface area contributed by atoms with E-state index in [4.69, 9.17) is 5.73 Å². The second kappa shape index (κ2) is 9.21. The maximum Gasteiger partial charge on any atom is 0.228 e. The van der Waals surface area contributed by atoms with Crippen LogP contribution in [0.1, 0.15) is 18.4 Å². The lowest BCUT2D eigenvalue weighted by Gasteiger charge is -2.31. The molecule has 2 aromatic carbocycles. The van der Waals surface area contributed by atoms with Crippen LogP contribution in [0.25, 0.3) is 0 Å². The van der Waals surface area contributed by atoms with Crippen molar-refractivity contribution in [1.29, 1.82) is 0 Å². The number of anilines is 2. The third-order valence-corrected chi connectivity index (χ3v) is 6.38. The van der Waals surface area contributed by atoms with E-state index in [2.05, 4.69) is 5.32 Å². The van der Waals surface area contributed by atoms with Crippen molar-refractivity contribution in [3.63, 3.8) is 0 Å². The van der Waals surface area contributed by atoms with Gasteiger partial charge in [0.05, 0.1) is 23.0 Å². The molecule has 1 aliphatic rings. The fraction of sp³-hybridized carbons (Fsp3) is 0.316. The topological polar surface area (TPSA) is 92.5 Å². The van der Waals surface area contributed by atoms with Gasteiger partial charge in [-0.3, -0.25) is 4.79 Å². The first-order valence-corrected chi connectivity index (χ1v) is 10.2. The van der Waals surface area contributed by atoms with Crippen molar-refractivity contribution in [3.8, 4) is 0 Å². The fourth-order valence-electron chi connectivity index (χ4n) is 3.13. The normalized spacial score (nSPS) is 17.7. The van der Waals surface area contributed by atoms with Crippen LogP contribution in [-0.4, -0.2) is 31.7 Å². The lowest BCUT2D eigenvalue weighted by Crippen LogP contribution is -2.44. The van der Waals surface area contributed by atoms with Gasteiger partial charge in [0, 0.05) is 13.1 Å². The highest BCUT2D eigenvalue weighted by molar-refractivity contribution is 7.88. The minimum Gasteiger partial charge on any atom is -0.397 e. The third kappa shape index (κ3) is 5.45. The van der Waals surface area contributed by atoms with E-state index in [9.17, 15) is 13.2 Å². The van der Waals surface area contributed by atoms with Gasteiger partial charge in [-0.25, -0.2) is 12.7 Å². The number of halogens is 1. The Kier molecular flexibility index (Phi) is 7.24. The van der Waals surface area contributed by atoms with Crippen LogP contribution in [0.5, 0.6) is 0 Å². The molecule has 1 saturated heterocycles. The van der Waals surface area contributed by atoms with Crippen LogP contribution in [0.3, 0.4) is 0 Å². The SMILES string of the molecule is Cl.Nc1ccccc1NC(=O)C1CCCN(S(=O)(=O)Cc2ccccc2)C1. The molecule has 1 aliphatic heterocycles. The first-order valence-electron chi connectivity index (χ1n) is 8.63. The number of nitrogen functional groups attached to an aromatic ring is 1. The van der Waals surface area contributed by atoms with Gasteiger partial charge in [0.25, 0.3) is 0 Å². The van der Waals surface area contributed by atoms with Crippen LogP contribution in [0, 0.1) is 5.92 Å². The van der Waals surface area contributed by atoms with Crippen LogP contribution in [0.2, 0.25) is 0 Å². The summed E-state index contributed by atoms with van der Waals surface area (Å²) in [7, 11) is -3.46. The van der Waals surface area contributed by atoms with Crippen LogP contribution in [-0.2, 0) is 20.6 Å². The van der Waals surface area contributed by atoms with E-state index in [1.807, 2.05) is 18.2 Å². The number of benzene rings is 2. The lowest BCUT2D eigenvalue weighted by atomic mass is 9.98. The number of piperidine rings is 1. The lowest BCUT2D eigenvalue weighted by molar-refractivity contribution is -0.120. The zero-order valence-corrected chi connectivity index (χ0v) is 16.5. The van der Waals surface area contributed by atoms with Gasteiger partial charge in [-0.05, 0) is 30.5 Å². The van der Waals surface area contributed by atoms with Crippen molar-refractivity contribution in [2.45, 2.75) is 18.6 Å². The van der Waals surface area contributed by atoms with Crippen molar-refractivity contribution >= 4 is 39.7 Å². The summed E-state index contributed by atoms with van der Waals surface area (Å²) < 4.78 is 26.9. The smallest absolute Gasteiger partial charge is 0.228 e. The van der Waals surface area contributed by atoms with E-state index in [-0.39, 0.29) is 36.5 Å². The first-order chi connectivity index (χ1) is 12.5. The van der Waals surface area contributed by atoms with Gasteiger partial charge in [-0.15, -0.1) is 12.4 Å². The van der Waals surface area contributed by atoms with Gasteiger partial charge < -0.3 is 11.1 Å². The highest BCUT2D eigenvalue weighted by Gasteiger charge is 2.32. The Morgan fingerprint density at radius 2 is 1.78 bits per heavy atom. The van der Waals surface area contributed by atoms with E-state index in [0.29, 0.717) is 30.8 Å². The second-order valence-electron chi connectivity index (χ2n) is 6.52. The van der Waals surface area contributed by atoms with Gasteiger partial charge in [-0.2, -0.15) is 0 Å². The molecule has 146 valence electrons. The predicted octanol–water partition coefficient (Wildman–Crippen LogP) is 2.87. The molecule has 2 aromatic rings. The molecule has 0 radical (unpaired) electrons. The number of nitrogens with two attached hydrogens (primary N) is 1. The number of para-hydroxylation sites is 2. The average Bonchev–Trinajstić information content (AvgIpc) is 2.64. The molecule has 1 fully saturated rings. The van der Waals surface area contributed by atoms with Gasteiger partial charge in [0.2, 0.25) is 15.9 Å². The molecule has 0 saturated carbocycles. The molecular weight excluding hydrogens is 386 g/mol. The minimum absolute atomic E-state index is 0. The molecule has 1 unspecified atom stereocenters. The average molecular weight is 410 g/mol. The zero-order valence-electron chi connectivity index (χ0n) is 14.9. The Morgan fingerprint density at radius 1 is 1.11 bits per heavy atom. The Bertz CT molecular complexity index is 875. The van der Waals surface area contributed by atoms with Crippen molar-refractivity contribution in [3.05, 3.63) is 60.2 Å². The number of amides is 1. The summed E-state index contributed by atoms with van der Waals surface area (Å²) in [6.07, 6.45) is 1.33. The number of carbonyl (C=O) groups excluding carboxylic acids is 1. The number of rotatable bonds is 5. The molecule has 1 atom stereocenters. The number of hydrogen-bond acceptors (Lipinski definition) is 4. The molecule has 3 N–H and O–H groups in total. The Balaban J connectivity index is 0.00000261. The van der Waals surface area contributed by atoms with Crippen molar-refractivity contribution in [2.75, 3.05) is 24.1 Å². The summed E-state index contributed by atoms with van der Waals surface area (Å²) in [5.41, 5.74) is 7.65. The molecule has 0 aliphatic carbocycles. The molecule has 3 rings (SSSR count). The quantitative estimate of drug-likeness (QED) is 0.742. The fourth-order valence-corrected chi connectivity index (χ4v) is 4.74. The minimum atomic E-state index is -3.46. The van der Waals surface area contributed by atoms with E-state index in [0.717, 1.165) is 5.56 Å². The van der Waals surface area contributed by atoms with Crippen LogP contribution in [0.4, 0.5) is 11.4 Å². The Labute approximate surface area is 166 Å². The van der Waals surface area contributed by atoms with E-state index >= 15 is 0 Å². The highest BCUT2D eigenvalue weighted by Crippen LogP contribution is 2.24. The van der Waals surface area contributed by atoms with Gasteiger partial charge >= 0.3 is 0 Å². The largest absolute Gasteiger partial charge is 0.397 e. The van der Waals surface area contributed by atoms with Gasteiger partial charge in [-0.1, -0.05) is 42.5 Å². The summed E-state index contributed by atoms with van der Waals surface area (Å²) in [6.45, 7) is 0.653. The maximum atomic E-state index is 12.7. The summed E-state index contributed by atoms with van der Waals surface area (Å²) in [5, 5.41) is 2.82. The van der Waals surface area contributed by atoms with Crippen LogP contribution >= 0.6 is 12.4 Å². The molecule has 27 heavy (non-hydrogen) atoms. The summed E-state index contributed by atoms with van der Waals surface area (Å²) in [4.78, 5) is 12.6. The number of nitrogens with one attached hydrogen (secondary N) is 1. The zero-order chi connectivity index (χ0) is 18.6. The summed E-state index contributed by atoms with van der Waals surface area (Å²) in [6, 6.07) is 16.1. The van der Waals surface area contributed by atoms with Gasteiger partial charge in [0.15, 0.2) is 0 Å². The molecule has 8 heteroatoms. The molecule has 6 nitrogen and oxygen atoms in total. The van der Waals surface area contributed by atoms with E-state index < -0.39 is 10.0 Å². The predicted molar refractivity (Wildman–Crippen MR) is 110 cm³/mol. The molecule has 1 amide bonds. The van der Waals surface area contributed by atoms with Crippen molar-refractivity contribution < 1.29 is 13.2 Å². The number of sulfonamides is 1. The third-order valence-electron chi connectivity index (χ3n) is 4.56. The molecule has 0 bridgehead atoms. The van der Waals surface area contributed by atoms with Crippen LogP contribution < -0.4 is 11.1 Å². The molecule has 1 heterocycles. The second-order valence-corrected chi connectivity index (χ2v) is 8.48. The number of carbonyl (C=O) groups is 1. The summed E-state index contributed by atoms with van der Waals surface area (Å²) in [5.74, 6) is -0.621. The Morgan fingerprint density at radius 3 is 2.48 bits per heavy atom.